The molecule has 1 N–H and O–H groups in total. The lowest BCUT2D eigenvalue weighted by Crippen LogP contribution is -2.25. The molecule has 2 heterocycles. The lowest BCUT2D eigenvalue weighted by molar-refractivity contribution is 0.439. The molecular formula is C14H21N3O. The molecule has 98 valence electrons. The SMILES string of the molecule is CCNC(Cc1ccco1)c1cc(CC)nn1C. The summed E-state index contributed by atoms with van der Waals surface area (Å²) in [5.41, 5.74) is 2.35. The van der Waals surface area contributed by atoms with E-state index >= 15 is 0 Å². The molecule has 0 aliphatic heterocycles. The fraction of sp³-hybridized carbons (Fsp3) is 0.500. The van der Waals surface area contributed by atoms with Gasteiger partial charge in [0, 0.05) is 13.5 Å². The molecule has 0 aliphatic carbocycles. The molecule has 0 fully saturated rings. The number of nitrogens with one attached hydrogen (secondary N) is 1. The molecule has 0 aromatic carbocycles. The molecule has 0 bridgehead atoms. The van der Waals surface area contributed by atoms with E-state index in [1.165, 1.54) is 5.69 Å². The number of likely N-dealkylation sites (N-methyl/N-ethyl adjacent to an activating group) is 1. The topological polar surface area (TPSA) is 43.0 Å². The van der Waals surface area contributed by atoms with Gasteiger partial charge in [0.15, 0.2) is 0 Å². The summed E-state index contributed by atoms with van der Waals surface area (Å²) in [5.74, 6) is 1.00. The Morgan fingerprint density at radius 1 is 1.44 bits per heavy atom. The molecule has 0 saturated heterocycles. The van der Waals surface area contributed by atoms with Gasteiger partial charge in [-0.2, -0.15) is 5.10 Å². The second-order valence-electron chi connectivity index (χ2n) is 4.43. The highest BCUT2D eigenvalue weighted by molar-refractivity contribution is 5.16. The molecule has 2 aromatic heterocycles. The Morgan fingerprint density at radius 2 is 2.28 bits per heavy atom. The number of aromatic nitrogens is 2. The molecule has 0 amide bonds. The van der Waals surface area contributed by atoms with Crippen molar-refractivity contribution < 1.29 is 4.42 Å². The summed E-state index contributed by atoms with van der Waals surface area (Å²) in [7, 11) is 2.00. The maximum atomic E-state index is 5.44. The molecule has 0 aliphatic rings. The van der Waals surface area contributed by atoms with E-state index in [1.54, 1.807) is 6.26 Å². The zero-order chi connectivity index (χ0) is 13.0. The fourth-order valence-corrected chi connectivity index (χ4v) is 2.20. The summed E-state index contributed by atoms with van der Waals surface area (Å²) in [6.07, 6.45) is 3.54. The van der Waals surface area contributed by atoms with Crippen molar-refractivity contribution >= 4 is 0 Å². The Balaban J connectivity index is 2.20. The van der Waals surface area contributed by atoms with E-state index in [1.807, 2.05) is 23.9 Å². The van der Waals surface area contributed by atoms with Gasteiger partial charge in [-0.15, -0.1) is 0 Å². The number of hydrogen-bond donors (Lipinski definition) is 1. The number of hydrogen-bond acceptors (Lipinski definition) is 3. The van der Waals surface area contributed by atoms with Crippen LogP contribution in [0.15, 0.2) is 28.9 Å². The average molecular weight is 247 g/mol. The van der Waals surface area contributed by atoms with Gasteiger partial charge in [-0.25, -0.2) is 0 Å². The van der Waals surface area contributed by atoms with Crippen LogP contribution in [0.5, 0.6) is 0 Å². The van der Waals surface area contributed by atoms with Crippen LogP contribution in [0.25, 0.3) is 0 Å². The number of aryl methyl sites for hydroxylation is 2. The van der Waals surface area contributed by atoms with Crippen molar-refractivity contribution in [1.29, 1.82) is 0 Å². The van der Waals surface area contributed by atoms with Gasteiger partial charge in [-0.1, -0.05) is 13.8 Å². The fourth-order valence-electron chi connectivity index (χ4n) is 2.20. The van der Waals surface area contributed by atoms with E-state index in [-0.39, 0.29) is 6.04 Å². The van der Waals surface area contributed by atoms with Crippen molar-refractivity contribution in [3.05, 3.63) is 41.6 Å². The summed E-state index contributed by atoms with van der Waals surface area (Å²) < 4.78 is 7.40. The second kappa shape index (κ2) is 5.87. The van der Waals surface area contributed by atoms with Crippen molar-refractivity contribution in [3.8, 4) is 0 Å². The van der Waals surface area contributed by atoms with Gasteiger partial charge in [0.2, 0.25) is 0 Å². The summed E-state index contributed by atoms with van der Waals surface area (Å²) in [6.45, 7) is 5.17. The zero-order valence-electron chi connectivity index (χ0n) is 11.3. The molecule has 0 spiro atoms. The van der Waals surface area contributed by atoms with Gasteiger partial charge in [-0.05, 0) is 31.2 Å². The van der Waals surface area contributed by atoms with Crippen LogP contribution in [0.2, 0.25) is 0 Å². The lowest BCUT2D eigenvalue weighted by Gasteiger charge is -2.16. The third-order valence-corrected chi connectivity index (χ3v) is 3.12. The van der Waals surface area contributed by atoms with Crippen molar-refractivity contribution in [2.24, 2.45) is 7.05 Å². The molecule has 4 heteroatoms. The highest BCUT2D eigenvalue weighted by Crippen LogP contribution is 2.19. The molecule has 4 nitrogen and oxygen atoms in total. The van der Waals surface area contributed by atoms with Crippen molar-refractivity contribution in [2.45, 2.75) is 32.7 Å². The van der Waals surface area contributed by atoms with E-state index in [0.717, 1.165) is 30.8 Å². The van der Waals surface area contributed by atoms with Crippen LogP contribution in [-0.4, -0.2) is 16.3 Å². The Kier molecular flexibility index (Phi) is 4.20. The van der Waals surface area contributed by atoms with Crippen molar-refractivity contribution in [2.75, 3.05) is 6.54 Å². The Labute approximate surface area is 108 Å². The second-order valence-corrected chi connectivity index (χ2v) is 4.43. The van der Waals surface area contributed by atoms with Crippen LogP contribution in [-0.2, 0) is 19.9 Å². The van der Waals surface area contributed by atoms with Crippen LogP contribution in [0.1, 0.15) is 37.0 Å². The standard InChI is InChI=1S/C14H21N3O/c1-4-11-9-14(17(3)16-11)13(15-5-2)10-12-7-6-8-18-12/h6-9,13,15H,4-5,10H2,1-3H3. The quantitative estimate of drug-likeness (QED) is 0.852. The molecule has 1 unspecified atom stereocenters. The van der Waals surface area contributed by atoms with Gasteiger partial charge in [0.1, 0.15) is 5.76 Å². The van der Waals surface area contributed by atoms with Crippen LogP contribution in [0.3, 0.4) is 0 Å². The van der Waals surface area contributed by atoms with E-state index in [9.17, 15) is 0 Å². The Bertz CT molecular complexity index is 473. The van der Waals surface area contributed by atoms with Gasteiger partial charge >= 0.3 is 0 Å². The minimum atomic E-state index is 0.249. The molecule has 0 saturated carbocycles. The van der Waals surface area contributed by atoms with E-state index in [4.69, 9.17) is 4.42 Å². The van der Waals surface area contributed by atoms with Crippen molar-refractivity contribution in [1.82, 2.24) is 15.1 Å². The summed E-state index contributed by atoms with van der Waals surface area (Å²) >= 11 is 0. The van der Waals surface area contributed by atoms with Crippen LogP contribution < -0.4 is 5.32 Å². The minimum Gasteiger partial charge on any atom is -0.469 e. The van der Waals surface area contributed by atoms with Gasteiger partial charge in [-0.3, -0.25) is 4.68 Å². The zero-order valence-corrected chi connectivity index (χ0v) is 11.3. The van der Waals surface area contributed by atoms with Crippen LogP contribution >= 0.6 is 0 Å². The third kappa shape index (κ3) is 2.82. The number of furan rings is 1. The summed E-state index contributed by atoms with van der Waals surface area (Å²) in [4.78, 5) is 0. The molecule has 1 atom stereocenters. The first kappa shape index (κ1) is 12.9. The molecule has 2 rings (SSSR count). The van der Waals surface area contributed by atoms with Crippen LogP contribution in [0, 0.1) is 0 Å². The summed E-state index contributed by atoms with van der Waals surface area (Å²) in [5, 5.41) is 8.00. The third-order valence-electron chi connectivity index (χ3n) is 3.12. The van der Waals surface area contributed by atoms with Gasteiger partial charge in [0.25, 0.3) is 0 Å². The number of rotatable bonds is 6. The van der Waals surface area contributed by atoms with E-state index < -0.39 is 0 Å². The maximum absolute atomic E-state index is 5.44. The molecular weight excluding hydrogens is 226 g/mol. The predicted octanol–water partition coefficient (Wildman–Crippen LogP) is 2.47. The van der Waals surface area contributed by atoms with Crippen LogP contribution in [0.4, 0.5) is 0 Å². The smallest absolute Gasteiger partial charge is 0.105 e. The maximum Gasteiger partial charge on any atom is 0.105 e. The monoisotopic (exact) mass is 247 g/mol. The largest absolute Gasteiger partial charge is 0.469 e. The molecule has 2 aromatic rings. The van der Waals surface area contributed by atoms with Gasteiger partial charge < -0.3 is 9.73 Å². The number of nitrogens with zero attached hydrogens (tertiary/aromatic N) is 2. The van der Waals surface area contributed by atoms with E-state index in [0.29, 0.717) is 0 Å². The lowest BCUT2D eigenvalue weighted by atomic mass is 10.1. The first-order valence-corrected chi connectivity index (χ1v) is 6.53. The first-order valence-electron chi connectivity index (χ1n) is 6.53. The predicted molar refractivity (Wildman–Crippen MR) is 71.4 cm³/mol. The highest BCUT2D eigenvalue weighted by Gasteiger charge is 2.17. The van der Waals surface area contributed by atoms with Gasteiger partial charge in [0.05, 0.1) is 23.7 Å². The van der Waals surface area contributed by atoms with E-state index in [2.05, 4.69) is 30.3 Å². The first-order chi connectivity index (χ1) is 8.74. The molecule has 0 radical (unpaired) electrons. The highest BCUT2D eigenvalue weighted by atomic mass is 16.3. The summed E-state index contributed by atoms with van der Waals surface area (Å²) in [6, 6.07) is 6.37. The van der Waals surface area contributed by atoms with Crippen molar-refractivity contribution in [3.63, 3.8) is 0 Å². The normalized spacial score (nSPS) is 12.8. The molecule has 18 heavy (non-hydrogen) atoms. The minimum absolute atomic E-state index is 0.249. The Hall–Kier alpha value is -1.55. The Morgan fingerprint density at radius 3 is 2.83 bits per heavy atom. The average Bonchev–Trinajstić information content (AvgIpc) is 2.98.